The van der Waals surface area contributed by atoms with Crippen molar-refractivity contribution in [3.63, 3.8) is 0 Å². The summed E-state index contributed by atoms with van der Waals surface area (Å²) in [6.07, 6.45) is 1.75. The van der Waals surface area contributed by atoms with Crippen LogP contribution in [0.2, 0.25) is 0 Å². The molecule has 106 valence electrons. The van der Waals surface area contributed by atoms with E-state index in [-0.39, 0.29) is 11.8 Å². The van der Waals surface area contributed by atoms with Crippen LogP contribution in [0, 0.1) is 5.92 Å². The second kappa shape index (κ2) is 8.40. The molecule has 19 heavy (non-hydrogen) atoms. The number of methoxy groups -OCH3 is 1. The van der Waals surface area contributed by atoms with Gasteiger partial charge in [-0.2, -0.15) is 0 Å². The van der Waals surface area contributed by atoms with Crippen molar-refractivity contribution >= 4 is 5.91 Å². The van der Waals surface area contributed by atoms with Crippen molar-refractivity contribution in [3.05, 3.63) is 24.3 Å². The van der Waals surface area contributed by atoms with Gasteiger partial charge in [0, 0.05) is 12.0 Å². The van der Waals surface area contributed by atoms with Crippen molar-refractivity contribution in [2.45, 2.75) is 26.7 Å². The number of nitrogens with one attached hydrogen (secondary N) is 1. The Morgan fingerprint density at radius 2 is 1.95 bits per heavy atom. The minimum absolute atomic E-state index is 0.108. The molecule has 4 heteroatoms. The molecule has 1 N–H and O–H groups in total. The van der Waals surface area contributed by atoms with Gasteiger partial charge >= 0.3 is 0 Å². The predicted molar refractivity (Wildman–Crippen MR) is 75.6 cm³/mol. The maximum Gasteiger partial charge on any atom is 0.223 e. The van der Waals surface area contributed by atoms with Gasteiger partial charge in [0.05, 0.1) is 13.7 Å². The van der Waals surface area contributed by atoms with Gasteiger partial charge in [-0.15, -0.1) is 0 Å². The van der Waals surface area contributed by atoms with E-state index in [1.54, 1.807) is 7.11 Å². The van der Waals surface area contributed by atoms with Crippen LogP contribution >= 0.6 is 0 Å². The minimum atomic E-state index is 0.108. The first-order valence-electron chi connectivity index (χ1n) is 6.75. The highest BCUT2D eigenvalue weighted by Crippen LogP contribution is 2.18. The molecular weight excluding hydrogens is 242 g/mol. The lowest BCUT2D eigenvalue weighted by Crippen LogP contribution is -2.33. The molecule has 4 nitrogen and oxygen atoms in total. The van der Waals surface area contributed by atoms with Gasteiger partial charge in [-0.25, -0.2) is 0 Å². The van der Waals surface area contributed by atoms with E-state index >= 15 is 0 Å². The standard InChI is InChI=1S/C15H23NO3/c1-4-12(5-2)15(17)16-9-10-19-14-8-6-7-13(11-14)18-3/h6-8,11-12H,4-5,9-10H2,1-3H3,(H,16,17). The number of carbonyl (C=O) groups is 1. The van der Waals surface area contributed by atoms with Gasteiger partial charge in [-0.3, -0.25) is 4.79 Å². The zero-order chi connectivity index (χ0) is 14.1. The topological polar surface area (TPSA) is 47.6 Å². The van der Waals surface area contributed by atoms with Crippen molar-refractivity contribution in [2.24, 2.45) is 5.92 Å². The first-order valence-corrected chi connectivity index (χ1v) is 6.75. The van der Waals surface area contributed by atoms with Crippen molar-refractivity contribution < 1.29 is 14.3 Å². The Balaban J connectivity index is 2.28. The molecule has 0 radical (unpaired) electrons. The second-order valence-corrected chi connectivity index (χ2v) is 4.33. The summed E-state index contributed by atoms with van der Waals surface area (Å²) in [5.41, 5.74) is 0. The molecule has 0 saturated carbocycles. The third-order valence-corrected chi connectivity index (χ3v) is 3.07. The highest BCUT2D eigenvalue weighted by Gasteiger charge is 2.12. The van der Waals surface area contributed by atoms with Gasteiger partial charge in [0.15, 0.2) is 0 Å². The largest absolute Gasteiger partial charge is 0.497 e. The predicted octanol–water partition coefficient (Wildman–Crippen LogP) is 2.63. The van der Waals surface area contributed by atoms with Crippen LogP contribution in [0.25, 0.3) is 0 Å². The van der Waals surface area contributed by atoms with Crippen LogP contribution in [0.1, 0.15) is 26.7 Å². The lowest BCUT2D eigenvalue weighted by atomic mass is 10.0. The van der Waals surface area contributed by atoms with E-state index in [0.29, 0.717) is 13.2 Å². The minimum Gasteiger partial charge on any atom is -0.497 e. The molecule has 0 aliphatic carbocycles. The Labute approximate surface area is 115 Å². The van der Waals surface area contributed by atoms with Crippen LogP contribution in [0.4, 0.5) is 0 Å². The Morgan fingerprint density at radius 3 is 2.58 bits per heavy atom. The molecule has 1 amide bonds. The fourth-order valence-electron chi connectivity index (χ4n) is 1.84. The first kappa shape index (κ1) is 15.3. The quantitative estimate of drug-likeness (QED) is 0.735. The van der Waals surface area contributed by atoms with Crippen molar-refractivity contribution in [2.75, 3.05) is 20.3 Å². The number of ether oxygens (including phenoxy) is 2. The van der Waals surface area contributed by atoms with Crippen LogP contribution < -0.4 is 14.8 Å². The van der Waals surface area contributed by atoms with Crippen LogP contribution in [-0.4, -0.2) is 26.2 Å². The summed E-state index contributed by atoms with van der Waals surface area (Å²) >= 11 is 0. The molecule has 1 aromatic carbocycles. The molecule has 0 aromatic heterocycles. The number of amides is 1. The second-order valence-electron chi connectivity index (χ2n) is 4.33. The van der Waals surface area contributed by atoms with E-state index in [9.17, 15) is 4.79 Å². The highest BCUT2D eigenvalue weighted by molar-refractivity contribution is 5.78. The van der Waals surface area contributed by atoms with E-state index in [0.717, 1.165) is 24.3 Å². The van der Waals surface area contributed by atoms with Gasteiger partial charge in [-0.05, 0) is 25.0 Å². The molecule has 0 aliphatic rings. The maximum atomic E-state index is 11.7. The van der Waals surface area contributed by atoms with Crippen molar-refractivity contribution in [3.8, 4) is 11.5 Å². The Kier molecular flexibility index (Phi) is 6.79. The van der Waals surface area contributed by atoms with Crippen LogP contribution in [-0.2, 0) is 4.79 Å². The Hall–Kier alpha value is -1.71. The van der Waals surface area contributed by atoms with Gasteiger partial charge < -0.3 is 14.8 Å². The molecule has 0 atom stereocenters. The van der Waals surface area contributed by atoms with Crippen LogP contribution in [0.5, 0.6) is 11.5 Å². The molecule has 0 heterocycles. The normalized spacial score (nSPS) is 10.3. The van der Waals surface area contributed by atoms with E-state index in [1.165, 1.54) is 0 Å². The molecule has 0 fully saturated rings. The lowest BCUT2D eigenvalue weighted by Gasteiger charge is -2.13. The number of carbonyl (C=O) groups excluding carboxylic acids is 1. The number of hydrogen-bond donors (Lipinski definition) is 1. The average Bonchev–Trinajstić information content (AvgIpc) is 2.45. The van der Waals surface area contributed by atoms with Gasteiger partial charge in [0.2, 0.25) is 5.91 Å². The number of benzene rings is 1. The lowest BCUT2D eigenvalue weighted by molar-refractivity contribution is -0.125. The highest BCUT2D eigenvalue weighted by atomic mass is 16.5. The van der Waals surface area contributed by atoms with E-state index in [2.05, 4.69) is 5.32 Å². The molecule has 0 unspecified atom stereocenters. The number of rotatable bonds is 8. The Bertz CT molecular complexity index is 389. The van der Waals surface area contributed by atoms with E-state index in [1.807, 2.05) is 38.1 Å². The van der Waals surface area contributed by atoms with Crippen molar-refractivity contribution in [1.82, 2.24) is 5.32 Å². The Morgan fingerprint density at radius 1 is 1.26 bits per heavy atom. The fourth-order valence-corrected chi connectivity index (χ4v) is 1.84. The molecular formula is C15H23NO3. The average molecular weight is 265 g/mol. The summed E-state index contributed by atoms with van der Waals surface area (Å²) in [5, 5.41) is 2.89. The molecule has 0 spiro atoms. The zero-order valence-corrected chi connectivity index (χ0v) is 11.9. The smallest absolute Gasteiger partial charge is 0.223 e. The zero-order valence-electron chi connectivity index (χ0n) is 11.9. The van der Waals surface area contributed by atoms with Gasteiger partial charge in [-0.1, -0.05) is 19.9 Å². The van der Waals surface area contributed by atoms with Crippen molar-refractivity contribution in [1.29, 1.82) is 0 Å². The molecule has 1 rings (SSSR count). The summed E-state index contributed by atoms with van der Waals surface area (Å²) in [5.74, 6) is 1.73. The summed E-state index contributed by atoms with van der Waals surface area (Å²) in [4.78, 5) is 11.7. The summed E-state index contributed by atoms with van der Waals surface area (Å²) in [6.45, 7) is 5.03. The molecule has 0 aliphatic heterocycles. The fraction of sp³-hybridized carbons (Fsp3) is 0.533. The third-order valence-electron chi connectivity index (χ3n) is 3.07. The van der Waals surface area contributed by atoms with Gasteiger partial charge in [0.25, 0.3) is 0 Å². The first-order chi connectivity index (χ1) is 9.21. The van der Waals surface area contributed by atoms with Gasteiger partial charge in [0.1, 0.15) is 18.1 Å². The molecule has 0 bridgehead atoms. The van der Waals surface area contributed by atoms with E-state index in [4.69, 9.17) is 9.47 Å². The monoisotopic (exact) mass is 265 g/mol. The third kappa shape index (κ3) is 5.20. The summed E-state index contributed by atoms with van der Waals surface area (Å²) in [7, 11) is 1.62. The molecule has 1 aromatic rings. The van der Waals surface area contributed by atoms with E-state index < -0.39 is 0 Å². The maximum absolute atomic E-state index is 11.7. The van der Waals surface area contributed by atoms with Crippen LogP contribution in [0.3, 0.4) is 0 Å². The molecule has 0 saturated heterocycles. The summed E-state index contributed by atoms with van der Waals surface area (Å²) in [6, 6.07) is 7.42. The van der Waals surface area contributed by atoms with Crippen LogP contribution in [0.15, 0.2) is 24.3 Å². The summed E-state index contributed by atoms with van der Waals surface area (Å²) < 4.78 is 10.7. The number of hydrogen-bond acceptors (Lipinski definition) is 3. The SMILES string of the molecule is CCC(CC)C(=O)NCCOc1cccc(OC)c1.